The van der Waals surface area contributed by atoms with Gasteiger partial charge in [-0.3, -0.25) is 44.6 Å². The summed E-state index contributed by atoms with van der Waals surface area (Å²) in [7, 11) is 3.59. The quantitative estimate of drug-likeness (QED) is 0.0304. The van der Waals surface area contributed by atoms with Crippen LogP contribution in [0.15, 0.2) is 60.7 Å². The number of carbonyl (C=O) groups excluding carboxylic acids is 4. The van der Waals surface area contributed by atoms with E-state index in [0.29, 0.717) is 82.7 Å². The number of likely N-dealkylation sites (tertiary alicyclic amines) is 1. The standard InChI is InChI=1S/C48H62N16O6.C2H6/c1-7-63-36(23-29(3)57-63)44(67)55-47-53-34-25-32(42(49)65)27-38(69-6)40(34)61(47)17-9-10-18-62-41-35(54-48(62)56-45(68)37-24-30(4)58-64(37)8-2)26-33(43(50)66)28-39(41)70-22-12-11-16-60(46(51)52)21-15-31-13-19-59(5)20-14-31;1-2/h9-12,23-28,31H,7-8,13-22H2,1-6H3,(H2,49,65)(H2,50,66)(H3,51,52)(H,53,55,67)(H,54,56,68);1-2H3/b10-9+,12-11+;. The van der Waals surface area contributed by atoms with Crippen LogP contribution in [0, 0.1) is 25.2 Å². The number of amides is 4. The molecule has 4 aromatic heterocycles. The number of hydrogen-bond donors (Lipinski definition) is 6. The molecule has 0 unspecified atom stereocenters. The number of methoxy groups -OCH3 is 1. The molecule has 72 heavy (non-hydrogen) atoms. The van der Waals surface area contributed by atoms with E-state index in [1.54, 1.807) is 44.5 Å². The van der Waals surface area contributed by atoms with Crippen molar-refractivity contribution in [2.75, 3.05) is 57.6 Å². The van der Waals surface area contributed by atoms with Gasteiger partial charge in [0.2, 0.25) is 23.7 Å². The van der Waals surface area contributed by atoms with E-state index < -0.39 is 23.6 Å². The van der Waals surface area contributed by atoms with Gasteiger partial charge in [-0.05, 0) is 115 Å². The van der Waals surface area contributed by atoms with E-state index in [0.717, 1.165) is 32.4 Å². The van der Waals surface area contributed by atoms with E-state index in [-0.39, 0.29) is 54.4 Å². The highest BCUT2D eigenvalue weighted by Gasteiger charge is 2.24. The number of imidazole rings is 2. The lowest BCUT2D eigenvalue weighted by atomic mass is 9.93. The molecule has 384 valence electrons. The largest absolute Gasteiger partial charge is 0.494 e. The van der Waals surface area contributed by atoms with Crippen LogP contribution in [0.4, 0.5) is 11.9 Å². The number of piperidine rings is 1. The summed E-state index contributed by atoms with van der Waals surface area (Å²) in [4.78, 5) is 66.3. The number of allylic oxidation sites excluding steroid dienone is 2. The number of aryl methyl sites for hydroxylation is 4. The Labute approximate surface area is 418 Å². The van der Waals surface area contributed by atoms with Crippen molar-refractivity contribution in [1.82, 2.24) is 48.5 Å². The van der Waals surface area contributed by atoms with Gasteiger partial charge in [0.25, 0.3) is 11.8 Å². The van der Waals surface area contributed by atoms with Crippen molar-refractivity contribution in [3.63, 3.8) is 0 Å². The van der Waals surface area contributed by atoms with Crippen LogP contribution in [-0.2, 0) is 26.2 Å². The van der Waals surface area contributed by atoms with Gasteiger partial charge in [0.15, 0.2) is 5.96 Å². The third-order valence-corrected chi connectivity index (χ3v) is 12.3. The molecular weight excluding hydrogens is 921 g/mol. The summed E-state index contributed by atoms with van der Waals surface area (Å²) in [5.41, 5.74) is 21.4. The summed E-state index contributed by atoms with van der Waals surface area (Å²) in [6.07, 6.45) is 10.6. The second kappa shape index (κ2) is 24.2. The number of primary amides is 2. The van der Waals surface area contributed by atoms with Crippen molar-refractivity contribution in [2.45, 2.75) is 87.0 Å². The Hall–Kier alpha value is -8.01. The van der Waals surface area contributed by atoms with Gasteiger partial charge in [-0.15, -0.1) is 0 Å². The van der Waals surface area contributed by atoms with Crippen molar-refractivity contribution in [1.29, 1.82) is 5.41 Å². The van der Waals surface area contributed by atoms with Gasteiger partial charge in [-0.1, -0.05) is 32.1 Å². The number of nitrogens with one attached hydrogen (secondary N) is 3. The fourth-order valence-corrected chi connectivity index (χ4v) is 8.59. The van der Waals surface area contributed by atoms with Gasteiger partial charge in [-0.25, -0.2) is 9.97 Å². The molecule has 0 spiro atoms. The Balaban J connectivity index is 0.00000418. The number of rotatable bonds is 21. The van der Waals surface area contributed by atoms with E-state index in [9.17, 15) is 19.2 Å². The number of benzene rings is 2. The summed E-state index contributed by atoms with van der Waals surface area (Å²) >= 11 is 0. The SMILES string of the molecule is CC.CCn1nc(C)cc1C(=O)Nc1nc2cc(C(N)=O)cc(OC)c2n1C/C=C/Cn1c(NC(=O)c2cc(C)nn2CC)nc2cc(C(N)=O)cc(OC/C=C/CN(CCC3CCN(C)CC3)C(=N)N)c21. The van der Waals surface area contributed by atoms with Gasteiger partial charge >= 0.3 is 0 Å². The Bertz CT molecular complexity index is 2990. The van der Waals surface area contributed by atoms with Crippen LogP contribution in [0.3, 0.4) is 0 Å². The molecule has 1 aliphatic heterocycles. The second-order valence-electron chi connectivity index (χ2n) is 17.2. The van der Waals surface area contributed by atoms with Gasteiger partial charge in [0.1, 0.15) is 40.5 Å². The van der Waals surface area contributed by atoms with Crippen molar-refractivity contribution in [2.24, 2.45) is 23.1 Å². The molecule has 0 radical (unpaired) electrons. The summed E-state index contributed by atoms with van der Waals surface area (Å²) in [5.74, 6) is -0.802. The van der Waals surface area contributed by atoms with Gasteiger partial charge in [-0.2, -0.15) is 10.2 Å². The molecule has 5 heterocycles. The molecular formula is C50H68N16O6. The molecule has 22 nitrogen and oxygen atoms in total. The summed E-state index contributed by atoms with van der Waals surface area (Å²) in [6.45, 7) is 15.8. The number of nitrogens with zero attached hydrogens (tertiary/aromatic N) is 10. The number of nitrogens with two attached hydrogens (primary N) is 3. The maximum absolute atomic E-state index is 13.9. The molecule has 9 N–H and O–H groups in total. The number of aromatic nitrogens is 8. The first-order valence-electron chi connectivity index (χ1n) is 24.2. The van der Waals surface area contributed by atoms with E-state index in [2.05, 4.69) is 32.8 Å². The zero-order valence-corrected chi connectivity index (χ0v) is 42.5. The maximum atomic E-state index is 13.9. The normalized spacial score (nSPS) is 13.2. The van der Waals surface area contributed by atoms with Gasteiger partial charge in [0, 0.05) is 50.4 Å². The first kappa shape index (κ1) is 53.3. The summed E-state index contributed by atoms with van der Waals surface area (Å²) in [6, 6.07) is 9.49. The highest BCUT2D eigenvalue weighted by atomic mass is 16.5. The number of hydrogen-bond acceptors (Lipinski definition) is 12. The Kier molecular flexibility index (Phi) is 17.9. The Morgan fingerprint density at radius 1 is 0.750 bits per heavy atom. The van der Waals surface area contributed by atoms with Crippen molar-refractivity contribution < 1.29 is 28.7 Å². The third kappa shape index (κ3) is 12.5. The highest BCUT2D eigenvalue weighted by Crippen LogP contribution is 2.33. The summed E-state index contributed by atoms with van der Waals surface area (Å²) in [5, 5.41) is 22.9. The number of fused-ring (bicyclic) bond motifs is 2. The lowest BCUT2D eigenvalue weighted by Crippen LogP contribution is -2.39. The lowest BCUT2D eigenvalue weighted by molar-refractivity contribution is 0.0991. The van der Waals surface area contributed by atoms with Crippen LogP contribution in [0.25, 0.3) is 22.1 Å². The van der Waals surface area contributed by atoms with Crippen LogP contribution in [0.1, 0.15) is 100 Å². The van der Waals surface area contributed by atoms with Crippen molar-refractivity contribution in [3.8, 4) is 11.5 Å². The van der Waals surface area contributed by atoms with E-state index in [1.165, 1.54) is 31.4 Å². The molecule has 2 aromatic carbocycles. The fraction of sp³-hybridized carbons (Fsp3) is 0.420. The molecule has 7 rings (SSSR count). The first-order chi connectivity index (χ1) is 34.6. The molecule has 1 fully saturated rings. The first-order valence-corrected chi connectivity index (χ1v) is 24.2. The zero-order chi connectivity index (χ0) is 52.2. The minimum atomic E-state index is -0.700. The molecule has 4 amide bonds. The minimum Gasteiger partial charge on any atom is -0.494 e. The average Bonchev–Trinajstić information content (AvgIpc) is 4.13. The van der Waals surface area contributed by atoms with Crippen LogP contribution in [0.5, 0.6) is 11.5 Å². The summed E-state index contributed by atoms with van der Waals surface area (Å²) < 4.78 is 18.7. The smallest absolute Gasteiger partial charge is 0.276 e. The predicted octanol–water partition coefficient (Wildman–Crippen LogP) is 5.29. The maximum Gasteiger partial charge on any atom is 0.276 e. The molecule has 0 atom stereocenters. The molecule has 6 aromatic rings. The molecule has 0 saturated carbocycles. The van der Waals surface area contributed by atoms with Crippen LogP contribution in [0.2, 0.25) is 0 Å². The van der Waals surface area contributed by atoms with Gasteiger partial charge < -0.3 is 45.6 Å². The number of anilines is 2. The minimum absolute atomic E-state index is 0.00757. The third-order valence-electron chi connectivity index (χ3n) is 12.3. The fourth-order valence-electron chi connectivity index (χ4n) is 8.59. The van der Waals surface area contributed by atoms with E-state index in [1.807, 2.05) is 56.9 Å². The topological polar surface area (TPSA) is 290 Å². The van der Waals surface area contributed by atoms with Crippen LogP contribution in [-0.4, -0.2) is 125 Å². The number of carbonyl (C=O) groups is 4. The highest BCUT2D eigenvalue weighted by molar-refractivity contribution is 6.05. The molecule has 22 heteroatoms. The molecule has 1 aliphatic rings. The molecule has 0 aliphatic carbocycles. The number of ether oxygens (including phenoxy) is 2. The zero-order valence-electron chi connectivity index (χ0n) is 42.5. The average molecular weight is 989 g/mol. The molecule has 0 bridgehead atoms. The van der Waals surface area contributed by atoms with Crippen molar-refractivity contribution >= 4 is 63.6 Å². The second-order valence-corrected chi connectivity index (χ2v) is 17.2. The van der Waals surface area contributed by atoms with Crippen LogP contribution >= 0.6 is 0 Å². The molecule has 1 saturated heterocycles. The Morgan fingerprint density at radius 3 is 1.69 bits per heavy atom. The predicted molar refractivity (Wildman–Crippen MR) is 278 cm³/mol. The van der Waals surface area contributed by atoms with E-state index >= 15 is 0 Å². The van der Waals surface area contributed by atoms with Gasteiger partial charge in [0.05, 0.1) is 29.5 Å². The van der Waals surface area contributed by atoms with Crippen LogP contribution < -0.4 is 37.3 Å². The monoisotopic (exact) mass is 989 g/mol. The number of guanidine groups is 1. The lowest BCUT2D eigenvalue weighted by Gasteiger charge is -2.30. The van der Waals surface area contributed by atoms with E-state index in [4.69, 9.17) is 42.1 Å². The Morgan fingerprint density at radius 2 is 1.24 bits per heavy atom. The van der Waals surface area contributed by atoms with Crippen molar-refractivity contribution in [3.05, 3.63) is 94.6 Å².